The van der Waals surface area contributed by atoms with Crippen LogP contribution in [0.15, 0.2) is 0 Å². The van der Waals surface area contributed by atoms with Crippen LogP contribution in [0.4, 0.5) is 0 Å². The van der Waals surface area contributed by atoms with Gasteiger partial charge < -0.3 is 31.5 Å². The first-order chi connectivity index (χ1) is 15.2. The topological polar surface area (TPSA) is 191 Å². The zero-order valence-corrected chi connectivity index (χ0v) is 18.2. The highest BCUT2D eigenvalue weighted by atomic mass is 16.4. The standard InChI is InChI=1S/C20H34N4O8/c25-15(21-13-3-7-19(29)30)5-1-11-23-17(27)9-10-18(28)24-12-2-6-16(26)22-14-4-8-20(31)32/h1-14H2,(H,21,25)(H,22,26)(H,23,27)(H,24,28)(H,29,30)(H,31,32). The molecule has 4 amide bonds. The van der Waals surface area contributed by atoms with Crippen molar-refractivity contribution in [3.8, 4) is 0 Å². The van der Waals surface area contributed by atoms with Gasteiger partial charge >= 0.3 is 11.9 Å². The minimum atomic E-state index is -0.912. The number of aliphatic carboxylic acids is 2. The summed E-state index contributed by atoms with van der Waals surface area (Å²) >= 11 is 0. The summed E-state index contributed by atoms with van der Waals surface area (Å²) in [5.74, 6) is -2.85. The molecule has 0 aliphatic heterocycles. The van der Waals surface area contributed by atoms with E-state index in [9.17, 15) is 28.8 Å². The van der Waals surface area contributed by atoms with Crippen molar-refractivity contribution < 1.29 is 39.0 Å². The lowest BCUT2D eigenvalue weighted by Gasteiger charge is -2.07. The second-order valence-corrected chi connectivity index (χ2v) is 7.10. The Hall–Kier alpha value is -3.18. The van der Waals surface area contributed by atoms with Gasteiger partial charge in [-0.15, -0.1) is 0 Å². The Morgan fingerprint density at radius 1 is 0.406 bits per heavy atom. The van der Waals surface area contributed by atoms with E-state index in [0.29, 0.717) is 51.9 Å². The van der Waals surface area contributed by atoms with E-state index in [1.54, 1.807) is 0 Å². The molecule has 32 heavy (non-hydrogen) atoms. The van der Waals surface area contributed by atoms with Crippen LogP contribution in [0.25, 0.3) is 0 Å². The summed E-state index contributed by atoms with van der Waals surface area (Å²) < 4.78 is 0. The normalized spacial score (nSPS) is 10.1. The maximum absolute atomic E-state index is 11.7. The van der Waals surface area contributed by atoms with Crippen LogP contribution in [0, 0.1) is 0 Å². The lowest BCUT2D eigenvalue weighted by molar-refractivity contribution is -0.138. The van der Waals surface area contributed by atoms with Crippen LogP contribution in [-0.2, 0) is 28.8 Å². The molecule has 0 unspecified atom stereocenters. The van der Waals surface area contributed by atoms with Gasteiger partial charge in [0, 0.05) is 64.7 Å². The Balaban J connectivity index is 3.60. The maximum Gasteiger partial charge on any atom is 0.303 e. The Kier molecular flexibility index (Phi) is 16.7. The summed E-state index contributed by atoms with van der Waals surface area (Å²) in [4.78, 5) is 67.2. The number of hydrogen-bond donors (Lipinski definition) is 6. The molecule has 12 nitrogen and oxygen atoms in total. The molecule has 0 saturated heterocycles. The number of amides is 4. The Morgan fingerprint density at radius 3 is 0.938 bits per heavy atom. The van der Waals surface area contributed by atoms with Gasteiger partial charge in [0.25, 0.3) is 0 Å². The summed E-state index contributed by atoms with van der Waals surface area (Å²) in [6, 6.07) is 0. The summed E-state index contributed by atoms with van der Waals surface area (Å²) in [5, 5.41) is 27.4. The van der Waals surface area contributed by atoms with Crippen molar-refractivity contribution in [2.24, 2.45) is 0 Å². The molecule has 0 spiro atoms. The molecular formula is C20H34N4O8. The number of carboxylic acids is 2. The molecule has 0 aromatic carbocycles. The van der Waals surface area contributed by atoms with Gasteiger partial charge in [-0.2, -0.15) is 0 Å². The van der Waals surface area contributed by atoms with Crippen LogP contribution in [0.3, 0.4) is 0 Å². The van der Waals surface area contributed by atoms with Crippen molar-refractivity contribution >= 4 is 35.6 Å². The summed E-state index contributed by atoms with van der Waals surface area (Å²) in [6.07, 6.45) is 2.02. The quantitative estimate of drug-likeness (QED) is 0.140. The first-order valence-electron chi connectivity index (χ1n) is 10.7. The van der Waals surface area contributed by atoms with E-state index < -0.39 is 11.9 Å². The van der Waals surface area contributed by atoms with Crippen LogP contribution < -0.4 is 21.3 Å². The van der Waals surface area contributed by atoms with Gasteiger partial charge in [-0.3, -0.25) is 28.8 Å². The highest BCUT2D eigenvalue weighted by Gasteiger charge is 2.08. The molecule has 0 bridgehead atoms. The van der Waals surface area contributed by atoms with Crippen molar-refractivity contribution in [2.75, 3.05) is 26.2 Å². The Bertz CT molecular complexity index is 585. The number of hydrogen-bond acceptors (Lipinski definition) is 6. The number of carbonyl (C=O) groups excluding carboxylic acids is 4. The SMILES string of the molecule is O=C(O)CCCNC(=O)CCCNC(=O)CCC(=O)NCCCC(=O)NCCCC(=O)O. The van der Waals surface area contributed by atoms with Crippen LogP contribution in [0.2, 0.25) is 0 Å². The monoisotopic (exact) mass is 458 g/mol. The van der Waals surface area contributed by atoms with E-state index in [0.717, 1.165) is 0 Å². The molecular weight excluding hydrogens is 424 g/mol. The van der Waals surface area contributed by atoms with Crippen LogP contribution >= 0.6 is 0 Å². The fourth-order valence-corrected chi connectivity index (χ4v) is 2.47. The molecule has 0 saturated carbocycles. The number of carbonyl (C=O) groups is 6. The Morgan fingerprint density at radius 2 is 0.656 bits per heavy atom. The number of rotatable bonds is 19. The third-order valence-electron chi connectivity index (χ3n) is 4.16. The van der Waals surface area contributed by atoms with E-state index in [1.807, 2.05) is 0 Å². The van der Waals surface area contributed by atoms with Crippen LogP contribution in [0.1, 0.15) is 64.2 Å². The van der Waals surface area contributed by atoms with Gasteiger partial charge in [-0.05, 0) is 25.7 Å². The van der Waals surface area contributed by atoms with E-state index in [4.69, 9.17) is 10.2 Å². The lowest BCUT2D eigenvalue weighted by atomic mass is 10.2. The minimum absolute atomic E-state index is 0.00453. The summed E-state index contributed by atoms with van der Waals surface area (Å²) in [6.45, 7) is 1.18. The predicted octanol–water partition coefficient (Wildman–Crippen LogP) is -0.479. The second kappa shape index (κ2) is 18.6. The molecule has 0 aromatic rings. The van der Waals surface area contributed by atoms with Gasteiger partial charge in [0.1, 0.15) is 0 Å². The Labute approximate surface area is 186 Å². The first-order valence-corrected chi connectivity index (χ1v) is 10.7. The van der Waals surface area contributed by atoms with Crippen LogP contribution in [-0.4, -0.2) is 72.0 Å². The van der Waals surface area contributed by atoms with Gasteiger partial charge in [0.05, 0.1) is 0 Å². The molecule has 0 aliphatic carbocycles. The molecule has 0 heterocycles. The number of nitrogens with one attached hydrogen (secondary N) is 4. The third-order valence-corrected chi connectivity index (χ3v) is 4.16. The fourth-order valence-electron chi connectivity index (χ4n) is 2.47. The van der Waals surface area contributed by atoms with Crippen LogP contribution in [0.5, 0.6) is 0 Å². The maximum atomic E-state index is 11.7. The molecule has 182 valence electrons. The highest BCUT2D eigenvalue weighted by Crippen LogP contribution is 1.94. The summed E-state index contributed by atoms with van der Waals surface area (Å²) in [7, 11) is 0. The molecule has 0 aliphatic rings. The molecule has 0 fully saturated rings. The van der Waals surface area contributed by atoms with Crippen molar-refractivity contribution in [3.05, 3.63) is 0 Å². The zero-order chi connectivity index (χ0) is 24.2. The largest absolute Gasteiger partial charge is 0.481 e. The van der Waals surface area contributed by atoms with E-state index in [1.165, 1.54) is 0 Å². The van der Waals surface area contributed by atoms with Gasteiger partial charge in [-0.25, -0.2) is 0 Å². The molecule has 12 heteroatoms. The smallest absolute Gasteiger partial charge is 0.303 e. The van der Waals surface area contributed by atoms with Crippen molar-refractivity contribution in [1.29, 1.82) is 0 Å². The minimum Gasteiger partial charge on any atom is -0.481 e. The predicted molar refractivity (Wildman–Crippen MR) is 113 cm³/mol. The zero-order valence-electron chi connectivity index (χ0n) is 18.2. The first kappa shape index (κ1) is 28.8. The van der Waals surface area contributed by atoms with E-state index >= 15 is 0 Å². The summed E-state index contributed by atoms with van der Waals surface area (Å²) in [5.41, 5.74) is 0. The fraction of sp³-hybridized carbons (Fsp3) is 0.700. The molecule has 0 radical (unpaired) electrons. The van der Waals surface area contributed by atoms with Gasteiger partial charge in [0.2, 0.25) is 23.6 Å². The average molecular weight is 459 g/mol. The lowest BCUT2D eigenvalue weighted by Crippen LogP contribution is -2.30. The number of carboxylic acid groups (broad SMARTS) is 2. The van der Waals surface area contributed by atoms with Crippen molar-refractivity contribution in [1.82, 2.24) is 21.3 Å². The van der Waals surface area contributed by atoms with Gasteiger partial charge in [0.15, 0.2) is 0 Å². The van der Waals surface area contributed by atoms with E-state index in [2.05, 4.69) is 21.3 Å². The molecule has 0 aromatic heterocycles. The van der Waals surface area contributed by atoms with Gasteiger partial charge in [-0.1, -0.05) is 0 Å². The van der Waals surface area contributed by atoms with Crippen molar-refractivity contribution in [2.45, 2.75) is 64.2 Å². The van der Waals surface area contributed by atoms with E-state index in [-0.39, 0.29) is 62.2 Å². The highest BCUT2D eigenvalue weighted by molar-refractivity contribution is 5.83. The van der Waals surface area contributed by atoms with Crippen molar-refractivity contribution in [3.63, 3.8) is 0 Å². The second-order valence-electron chi connectivity index (χ2n) is 7.10. The third kappa shape index (κ3) is 20.1. The molecule has 0 rings (SSSR count). The average Bonchev–Trinajstić information content (AvgIpc) is 2.73. The molecule has 6 N–H and O–H groups in total. The molecule has 0 atom stereocenters.